The summed E-state index contributed by atoms with van der Waals surface area (Å²) in [5.41, 5.74) is 0.585. The lowest BCUT2D eigenvalue weighted by molar-refractivity contribution is -0.133. The van der Waals surface area contributed by atoms with Gasteiger partial charge in [0, 0.05) is 39.0 Å². The summed E-state index contributed by atoms with van der Waals surface area (Å²) in [4.78, 5) is 42.7. The van der Waals surface area contributed by atoms with Crippen molar-refractivity contribution in [2.75, 3.05) is 45.6 Å². The number of carbonyl (C=O) groups excluding carboxylic acids is 3. The summed E-state index contributed by atoms with van der Waals surface area (Å²) in [7, 11) is -3.38. The van der Waals surface area contributed by atoms with E-state index in [9.17, 15) is 27.2 Å². The minimum atomic E-state index is -3.38. The van der Waals surface area contributed by atoms with Crippen molar-refractivity contribution >= 4 is 27.7 Å². The molecule has 0 aromatic heterocycles. The predicted molar refractivity (Wildman–Crippen MR) is 127 cm³/mol. The van der Waals surface area contributed by atoms with Gasteiger partial charge >= 0.3 is 6.03 Å². The van der Waals surface area contributed by atoms with Gasteiger partial charge < -0.3 is 15.0 Å². The summed E-state index contributed by atoms with van der Waals surface area (Å²) in [6, 6.07) is 10.7. The molecule has 1 N–H and O–H groups in total. The van der Waals surface area contributed by atoms with Gasteiger partial charge in [-0.15, -0.1) is 0 Å². The number of hydrogen-bond donors (Lipinski definition) is 1. The minimum Gasteiger partial charge on any atom is -0.492 e. The van der Waals surface area contributed by atoms with Crippen LogP contribution in [0.15, 0.2) is 53.4 Å². The molecule has 0 bridgehead atoms. The molecular weight excluding hydrogens is 491 g/mol. The fourth-order valence-corrected chi connectivity index (χ4v) is 4.86. The molecule has 0 radical (unpaired) electrons. The first-order valence-electron chi connectivity index (χ1n) is 11.4. The Morgan fingerprint density at radius 1 is 1.14 bits per heavy atom. The molecule has 2 heterocycles. The van der Waals surface area contributed by atoms with Gasteiger partial charge in [-0.3, -0.25) is 19.4 Å². The number of benzene rings is 2. The summed E-state index contributed by atoms with van der Waals surface area (Å²) in [6.07, 6.45) is 1.10. The van der Waals surface area contributed by atoms with Crippen LogP contribution >= 0.6 is 0 Å². The molecule has 2 fully saturated rings. The van der Waals surface area contributed by atoms with Crippen LogP contribution in [0.3, 0.4) is 0 Å². The highest BCUT2D eigenvalue weighted by Crippen LogP contribution is 2.22. The third-order valence-corrected chi connectivity index (χ3v) is 7.21. The zero-order valence-electron chi connectivity index (χ0n) is 19.7. The van der Waals surface area contributed by atoms with Crippen LogP contribution in [0.2, 0.25) is 0 Å². The standard InChI is InChI=1S/C24H27FN4O6S/c1-36(33,34)20-4-2-3-17(13-20)14-26-22(30)16-29-23(31)21-15-27(9-10-28(21)24(29)32)11-12-35-19-7-5-18(25)6-8-19/h2-8,13,21H,9-12,14-16H2,1H3,(H,26,30). The number of imide groups is 1. The van der Waals surface area contributed by atoms with Crippen molar-refractivity contribution in [3.05, 3.63) is 59.9 Å². The first-order chi connectivity index (χ1) is 17.1. The van der Waals surface area contributed by atoms with E-state index >= 15 is 0 Å². The summed E-state index contributed by atoms with van der Waals surface area (Å²) in [5, 5.41) is 2.63. The molecule has 4 amide bonds. The van der Waals surface area contributed by atoms with Gasteiger partial charge in [-0.05, 0) is 42.0 Å². The van der Waals surface area contributed by atoms with E-state index in [1.165, 1.54) is 41.3 Å². The average Bonchev–Trinajstić information content (AvgIpc) is 3.08. The van der Waals surface area contributed by atoms with Crippen LogP contribution in [0.5, 0.6) is 5.75 Å². The minimum absolute atomic E-state index is 0.0629. The van der Waals surface area contributed by atoms with Crippen LogP contribution in [-0.2, 0) is 26.0 Å². The normalized spacial score (nSPS) is 18.3. The number of nitrogens with zero attached hydrogens (tertiary/aromatic N) is 3. The third kappa shape index (κ3) is 6.00. The number of nitrogens with one attached hydrogen (secondary N) is 1. The zero-order valence-corrected chi connectivity index (χ0v) is 20.5. The lowest BCUT2D eigenvalue weighted by Crippen LogP contribution is -2.53. The SMILES string of the molecule is CS(=O)(=O)c1cccc(CNC(=O)CN2C(=O)C3CN(CCOc4ccc(F)cc4)CCN3C2=O)c1. The number of ether oxygens (including phenoxy) is 1. The smallest absolute Gasteiger partial charge is 0.328 e. The van der Waals surface area contributed by atoms with Crippen LogP contribution in [-0.4, -0.2) is 92.6 Å². The van der Waals surface area contributed by atoms with Crippen LogP contribution < -0.4 is 10.1 Å². The maximum absolute atomic E-state index is 13.0. The number of urea groups is 1. The Hall–Kier alpha value is -3.51. The number of piperazine rings is 1. The lowest BCUT2D eigenvalue weighted by Gasteiger charge is -2.35. The van der Waals surface area contributed by atoms with E-state index in [1.807, 2.05) is 4.90 Å². The number of fused-ring (bicyclic) bond motifs is 1. The van der Waals surface area contributed by atoms with Crippen molar-refractivity contribution in [2.45, 2.75) is 17.5 Å². The first kappa shape index (κ1) is 25.6. The summed E-state index contributed by atoms with van der Waals surface area (Å²) in [6.45, 7) is 1.75. The molecule has 2 aliphatic rings. The molecule has 192 valence electrons. The Morgan fingerprint density at radius 2 is 1.89 bits per heavy atom. The Kier molecular flexibility index (Phi) is 7.55. The maximum atomic E-state index is 13.0. The van der Waals surface area contributed by atoms with Crippen LogP contribution in [0, 0.1) is 5.82 Å². The molecule has 2 saturated heterocycles. The van der Waals surface area contributed by atoms with E-state index < -0.39 is 40.3 Å². The van der Waals surface area contributed by atoms with Gasteiger partial charge in [0.25, 0.3) is 5.91 Å². The monoisotopic (exact) mass is 518 g/mol. The van der Waals surface area contributed by atoms with Gasteiger partial charge in [0.1, 0.15) is 30.8 Å². The van der Waals surface area contributed by atoms with Gasteiger partial charge in [0.05, 0.1) is 4.90 Å². The molecule has 2 aromatic carbocycles. The number of rotatable bonds is 9. The topological polar surface area (TPSA) is 116 Å². The maximum Gasteiger partial charge on any atom is 0.328 e. The molecule has 10 nitrogen and oxygen atoms in total. The third-order valence-electron chi connectivity index (χ3n) is 6.10. The van der Waals surface area contributed by atoms with E-state index in [0.29, 0.717) is 44.1 Å². The highest BCUT2D eigenvalue weighted by molar-refractivity contribution is 7.90. The zero-order chi connectivity index (χ0) is 25.9. The Labute approximate surface area is 208 Å². The second-order valence-corrected chi connectivity index (χ2v) is 10.7. The molecule has 1 unspecified atom stereocenters. The van der Waals surface area contributed by atoms with Crippen molar-refractivity contribution in [2.24, 2.45) is 0 Å². The molecule has 0 spiro atoms. The number of halogens is 1. The largest absolute Gasteiger partial charge is 0.492 e. The van der Waals surface area contributed by atoms with Gasteiger partial charge in [0.2, 0.25) is 5.91 Å². The van der Waals surface area contributed by atoms with Crippen LogP contribution in [0.25, 0.3) is 0 Å². The highest BCUT2D eigenvalue weighted by Gasteiger charge is 2.48. The number of sulfone groups is 1. The Balaban J connectivity index is 1.27. The van der Waals surface area contributed by atoms with E-state index in [2.05, 4.69) is 5.32 Å². The van der Waals surface area contributed by atoms with Crippen molar-refractivity contribution < 1.29 is 31.9 Å². The first-order valence-corrected chi connectivity index (χ1v) is 13.3. The molecule has 4 rings (SSSR count). The summed E-state index contributed by atoms with van der Waals surface area (Å²) >= 11 is 0. The average molecular weight is 519 g/mol. The van der Waals surface area contributed by atoms with Gasteiger partial charge in [-0.1, -0.05) is 12.1 Å². The van der Waals surface area contributed by atoms with E-state index in [0.717, 1.165) is 11.2 Å². The number of carbonyl (C=O) groups is 3. The second-order valence-electron chi connectivity index (χ2n) is 8.72. The van der Waals surface area contributed by atoms with E-state index in [-0.39, 0.29) is 17.3 Å². The molecule has 12 heteroatoms. The van der Waals surface area contributed by atoms with E-state index in [1.54, 1.807) is 12.1 Å². The number of amides is 4. The van der Waals surface area contributed by atoms with Crippen molar-refractivity contribution in [3.63, 3.8) is 0 Å². The Morgan fingerprint density at radius 3 is 2.61 bits per heavy atom. The summed E-state index contributed by atoms with van der Waals surface area (Å²) < 4.78 is 42.0. The molecule has 1 atom stereocenters. The van der Waals surface area contributed by atoms with Crippen molar-refractivity contribution in [1.82, 2.24) is 20.0 Å². The summed E-state index contributed by atoms with van der Waals surface area (Å²) in [5.74, 6) is -0.756. The van der Waals surface area contributed by atoms with Crippen molar-refractivity contribution in [3.8, 4) is 5.75 Å². The molecule has 0 aliphatic carbocycles. The van der Waals surface area contributed by atoms with Gasteiger partial charge in [0.15, 0.2) is 9.84 Å². The number of hydrogen-bond acceptors (Lipinski definition) is 7. The fraction of sp³-hybridized carbons (Fsp3) is 0.375. The Bertz CT molecular complexity index is 1250. The van der Waals surface area contributed by atoms with Crippen LogP contribution in [0.1, 0.15) is 5.56 Å². The molecule has 0 saturated carbocycles. The van der Waals surface area contributed by atoms with Gasteiger partial charge in [-0.2, -0.15) is 0 Å². The molecule has 2 aromatic rings. The van der Waals surface area contributed by atoms with Crippen molar-refractivity contribution in [1.29, 1.82) is 0 Å². The highest BCUT2D eigenvalue weighted by atomic mass is 32.2. The predicted octanol–water partition coefficient (Wildman–Crippen LogP) is 0.873. The lowest BCUT2D eigenvalue weighted by atomic mass is 10.2. The second kappa shape index (κ2) is 10.6. The fourth-order valence-electron chi connectivity index (χ4n) is 4.17. The molecule has 36 heavy (non-hydrogen) atoms. The molecule has 2 aliphatic heterocycles. The van der Waals surface area contributed by atoms with Crippen LogP contribution in [0.4, 0.5) is 9.18 Å². The molecular formula is C24H27FN4O6S. The quantitative estimate of drug-likeness (QED) is 0.490. The van der Waals surface area contributed by atoms with E-state index in [4.69, 9.17) is 4.74 Å². The van der Waals surface area contributed by atoms with Gasteiger partial charge in [-0.25, -0.2) is 17.6 Å².